The van der Waals surface area contributed by atoms with E-state index in [1.54, 1.807) is 6.92 Å². The quantitative estimate of drug-likeness (QED) is 0.470. The molecule has 6 nitrogen and oxygen atoms in total. The summed E-state index contributed by atoms with van der Waals surface area (Å²) in [7, 11) is 0. The Morgan fingerprint density at radius 1 is 0.800 bits per heavy atom. The average Bonchev–Trinajstić information content (AvgIpc) is 3.33. The number of amides is 2. The van der Waals surface area contributed by atoms with Crippen LogP contribution in [0.2, 0.25) is 0 Å². The molecule has 3 aromatic rings. The molecule has 0 radical (unpaired) electrons. The first-order chi connectivity index (χ1) is 17.0. The zero-order chi connectivity index (χ0) is 24.6. The molecular weight excluding hydrogens is 440 g/mol. The molecule has 2 N–H and O–H groups in total. The fraction of sp³-hybridized carbons (Fsp3) is 0.276. The molecule has 2 atom stereocenters. The minimum Gasteiger partial charge on any atom is -0.459 e. The molecule has 2 unspecified atom stereocenters. The maximum absolute atomic E-state index is 13.0. The molecule has 0 bridgehead atoms. The van der Waals surface area contributed by atoms with E-state index in [2.05, 4.69) is 10.6 Å². The standard InChI is InChI=1S/C29H30N2O4/c1-20(30-28(33)25-17-23-14-8-9-15-24(23)18-25)27(32)31-26(16-21-10-4-2-5-11-21)29(34)35-19-22-12-6-3-7-13-22/h2-15,20,25-26H,16-19H2,1H3,(H,30,33)(H,31,32). The van der Waals surface area contributed by atoms with Crippen LogP contribution in [0.5, 0.6) is 0 Å². The Bertz CT molecular complexity index is 1140. The second-order valence-electron chi connectivity index (χ2n) is 8.95. The molecule has 3 aromatic carbocycles. The van der Waals surface area contributed by atoms with E-state index in [0.29, 0.717) is 19.3 Å². The van der Waals surface area contributed by atoms with Crippen LogP contribution in [-0.4, -0.2) is 29.9 Å². The van der Waals surface area contributed by atoms with E-state index in [1.165, 1.54) is 11.1 Å². The summed E-state index contributed by atoms with van der Waals surface area (Å²) in [6.45, 7) is 1.75. The number of hydrogen-bond donors (Lipinski definition) is 2. The fourth-order valence-electron chi connectivity index (χ4n) is 4.31. The molecule has 0 saturated carbocycles. The highest BCUT2D eigenvalue weighted by Gasteiger charge is 2.30. The molecule has 4 rings (SSSR count). The molecule has 0 fully saturated rings. The number of rotatable bonds is 9. The highest BCUT2D eigenvalue weighted by Crippen LogP contribution is 2.26. The van der Waals surface area contributed by atoms with Crippen LogP contribution in [-0.2, 0) is 45.0 Å². The number of ether oxygens (including phenoxy) is 1. The van der Waals surface area contributed by atoms with E-state index in [9.17, 15) is 14.4 Å². The van der Waals surface area contributed by atoms with Crippen molar-refractivity contribution < 1.29 is 19.1 Å². The maximum Gasteiger partial charge on any atom is 0.329 e. The summed E-state index contributed by atoms with van der Waals surface area (Å²) in [5.41, 5.74) is 4.11. The molecule has 35 heavy (non-hydrogen) atoms. The van der Waals surface area contributed by atoms with E-state index in [-0.39, 0.29) is 18.4 Å². The molecule has 1 aliphatic carbocycles. The summed E-state index contributed by atoms with van der Waals surface area (Å²) >= 11 is 0. The van der Waals surface area contributed by atoms with Gasteiger partial charge in [-0.05, 0) is 42.0 Å². The van der Waals surface area contributed by atoms with Crippen molar-refractivity contribution in [2.45, 2.75) is 44.9 Å². The average molecular weight is 471 g/mol. The van der Waals surface area contributed by atoms with E-state index < -0.39 is 24.0 Å². The maximum atomic E-state index is 13.0. The van der Waals surface area contributed by atoms with Crippen LogP contribution in [0.3, 0.4) is 0 Å². The van der Waals surface area contributed by atoms with Crippen molar-refractivity contribution in [3.05, 3.63) is 107 Å². The van der Waals surface area contributed by atoms with E-state index in [1.807, 2.05) is 84.9 Å². The number of benzene rings is 3. The highest BCUT2D eigenvalue weighted by molar-refractivity contribution is 5.91. The second kappa shape index (κ2) is 11.5. The first-order valence-electron chi connectivity index (χ1n) is 11.9. The number of esters is 1. The van der Waals surface area contributed by atoms with Gasteiger partial charge in [-0.2, -0.15) is 0 Å². The van der Waals surface area contributed by atoms with Crippen LogP contribution in [0, 0.1) is 5.92 Å². The lowest BCUT2D eigenvalue weighted by atomic mass is 10.0. The second-order valence-corrected chi connectivity index (χ2v) is 8.95. The van der Waals surface area contributed by atoms with Crippen molar-refractivity contribution in [2.75, 3.05) is 0 Å². The summed E-state index contributed by atoms with van der Waals surface area (Å²) < 4.78 is 5.50. The summed E-state index contributed by atoms with van der Waals surface area (Å²) in [5, 5.41) is 5.61. The van der Waals surface area contributed by atoms with Gasteiger partial charge in [-0.3, -0.25) is 9.59 Å². The number of fused-ring (bicyclic) bond motifs is 1. The number of nitrogens with one attached hydrogen (secondary N) is 2. The zero-order valence-corrected chi connectivity index (χ0v) is 19.8. The minimum absolute atomic E-state index is 0.120. The van der Waals surface area contributed by atoms with Crippen LogP contribution in [0.25, 0.3) is 0 Å². The zero-order valence-electron chi connectivity index (χ0n) is 19.8. The lowest BCUT2D eigenvalue weighted by Crippen LogP contribution is -2.52. The Morgan fingerprint density at radius 3 is 1.94 bits per heavy atom. The van der Waals surface area contributed by atoms with Crippen molar-refractivity contribution >= 4 is 17.8 Å². The molecule has 2 amide bonds. The number of hydrogen-bond acceptors (Lipinski definition) is 4. The number of carbonyl (C=O) groups excluding carboxylic acids is 3. The predicted molar refractivity (Wildman–Crippen MR) is 133 cm³/mol. The Hall–Kier alpha value is -3.93. The predicted octanol–water partition coefficient (Wildman–Crippen LogP) is 3.38. The SMILES string of the molecule is CC(NC(=O)C1Cc2ccccc2C1)C(=O)NC(Cc1ccccc1)C(=O)OCc1ccccc1. The van der Waals surface area contributed by atoms with Gasteiger partial charge in [0.15, 0.2) is 0 Å². The van der Waals surface area contributed by atoms with Crippen LogP contribution >= 0.6 is 0 Å². The van der Waals surface area contributed by atoms with Crippen molar-refractivity contribution in [1.29, 1.82) is 0 Å². The summed E-state index contributed by atoms with van der Waals surface area (Å²) in [6.07, 6.45) is 1.62. The number of carbonyl (C=O) groups is 3. The summed E-state index contributed by atoms with van der Waals surface area (Å²) in [5.74, 6) is -1.30. The van der Waals surface area contributed by atoms with Crippen molar-refractivity contribution in [1.82, 2.24) is 10.6 Å². The molecule has 1 aliphatic rings. The first-order valence-corrected chi connectivity index (χ1v) is 11.9. The van der Waals surface area contributed by atoms with Gasteiger partial charge in [0.05, 0.1) is 0 Å². The van der Waals surface area contributed by atoms with Crippen LogP contribution in [0.15, 0.2) is 84.9 Å². The van der Waals surface area contributed by atoms with Gasteiger partial charge in [0.25, 0.3) is 0 Å². The third-order valence-electron chi connectivity index (χ3n) is 6.28. The molecule has 0 aliphatic heterocycles. The van der Waals surface area contributed by atoms with Gasteiger partial charge in [0, 0.05) is 12.3 Å². The minimum atomic E-state index is -0.872. The van der Waals surface area contributed by atoms with E-state index in [4.69, 9.17) is 4.74 Å². The summed E-state index contributed by atoms with van der Waals surface area (Å²) in [6, 6.07) is 25.2. The van der Waals surface area contributed by atoms with Gasteiger partial charge in [0.1, 0.15) is 18.7 Å². The molecule has 0 saturated heterocycles. The first kappa shape index (κ1) is 24.2. The largest absolute Gasteiger partial charge is 0.459 e. The molecule has 0 spiro atoms. The Labute approximate surface area is 205 Å². The molecule has 0 aromatic heterocycles. The van der Waals surface area contributed by atoms with Gasteiger partial charge in [0.2, 0.25) is 11.8 Å². The van der Waals surface area contributed by atoms with E-state index >= 15 is 0 Å². The Kier molecular flexibility index (Phi) is 7.93. The molecule has 180 valence electrons. The van der Waals surface area contributed by atoms with E-state index in [0.717, 1.165) is 11.1 Å². The van der Waals surface area contributed by atoms with Crippen LogP contribution < -0.4 is 10.6 Å². The van der Waals surface area contributed by atoms with Crippen LogP contribution in [0.4, 0.5) is 0 Å². The van der Waals surface area contributed by atoms with Crippen LogP contribution in [0.1, 0.15) is 29.2 Å². The van der Waals surface area contributed by atoms with Crippen molar-refractivity contribution in [3.8, 4) is 0 Å². The lowest BCUT2D eigenvalue weighted by Gasteiger charge is -2.22. The Balaban J connectivity index is 1.36. The third-order valence-corrected chi connectivity index (χ3v) is 6.28. The molecule has 6 heteroatoms. The summed E-state index contributed by atoms with van der Waals surface area (Å²) in [4.78, 5) is 38.7. The van der Waals surface area contributed by atoms with Gasteiger partial charge >= 0.3 is 5.97 Å². The van der Waals surface area contributed by atoms with Crippen molar-refractivity contribution in [2.24, 2.45) is 5.92 Å². The third kappa shape index (κ3) is 6.57. The topological polar surface area (TPSA) is 84.5 Å². The van der Waals surface area contributed by atoms with Gasteiger partial charge in [-0.15, -0.1) is 0 Å². The Morgan fingerprint density at radius 2 is 1.34 bits per heavy atom. The molecule has 0 heterocycles. The van der Waals surface area contributed by atoms with Gasteiger partial charge in [-0.1, -0.05) is 84.9 Å². The fourth-order valence-corrected chi connectivity index (χ4v) is 4.31. The smallest absolute Gasteiger partial charge is 0.329 e. The van der Waals surface area contributed by atoms with Gasteiger partial charge < -0.3 is 15.4 Å². The van der Waals surface area contributed by atoms with Gasteiger partial charge in [-0.25, -0.2) is 4.79 Å². The highest BCUT2D eigenvalue weighted by atomic mass is 16.5. The molecular formula is C29H30N2O4. The van der Waals surface area contributed by atoms with Crippen molar-refractivity contribution in [3.63, 3.8) is 0 Å². The lowest BCUT2D eigenvalue weighted by molar-refractivity contribution is -0.149. The normalized spacial score (nSPS) is 14.4. The monoisotopic (exact) mass is 470 g/mol.